The minimum absolute atomic E-state index is 0.155. The molecule has 2 N–H and O–H groups in total. The van der Waals surface area contributed by atoms with E-state index in [1.807, 2.05) is 6.07 Å². The molecular formula is C18H20N4O4. The maximum Gasteiger partial charge on any atom is 0.270 e. The van der Waals surface area contributed by atoms with Gasteiger partial charge in [-0.2, -0.15) is 0 Å². The second-order valence-corrected chi connectivity index (χ2v) is 5.73. The Balaban J connectivity index is 1.96. The Morgan fingerprint density at radius 1 is 1.00 bits per heavy atom. The van der Waals surface area contributed by atoms with E-state index < -0.39 is 10.8 Å². The number of nitro groups is 1. The summed E-state index contributed by atoms with van der Waals surface area (Å²) in [6, 6.07) is 12.9. The molecule has 0 spiro atoms. The Hall–Kier alpha value is -3.42. The number of carbonyl (C=O) groups is 2. The van der Waals surface area contributed by atoms with E-state index in [0.29, 0.717) is 11.3 Å². The summed E-state index contributed by atoms with van der Waals surface area (Å²) in [7, 11) is 3.50. The number of carbonyl (C=O) groups excluding carboxylic acids is 2. The summed E-state index contributed by atoms with van der Waals surface area (Å²) in [4.78, 5) is 36.4. The average molecular weight is 356 g/mol. The van der Waals surface area contributed by atoms with Crippen molar-refractivity contribution < 1.29 is 14.5 Å². The molecule has 0 aliphatic rings. The molecule has 0 heterocycles. The first-order valence-electron chi connectivity index (χ1n) is 7.97. The van der Waals surface area contributed by atoms with E-state index >= 15 is 0 Å². The van der Waals surface area contributed by atoms with Crippen LogP contribution in [0.5, 0.6) is 0 Å². The number of nitrogens with one attached hydrogen (secondary N) is 2. The minimum Gasteiger partial charge on any atom is -0.377 e. The number of nitro benzene ring substituents is 1. The highest BCUT2D eigenvalue weighted by Gasteiger charge is 2.17. The molecular weight excluding hydrogens is 336 g/mol. The second kappa shape index (κ2) is 8.61. The molecule has 0 saturated carbocycles. The van der Waals surface area contributed by atoms with Crippen LogP contribution in [0.4, 0.5) is 11.4 Å². The van der Waals surface area contributed by atoms with Gasteiger partial charge in [0, 0.05) is 50.6 Å². The molecule has 0 aliphatic heterocycles. The highest BCUT2D eigenvalue weighted by molar-refractivity contribution is 6.00. The summed E-state index contributed by atoms with van der Waals surface area (Å²) in [6.45, 7) is 0.443. The standard InChI is InChI=1S/C18H20N4O4/c1-21(2)16-9-8-14(22(25)26)12-15(16)18(24)20-11-10-19-17(23)13-6-4-3-5-7-13/h3-9,12H,10-11H2,1-2H3,(H,19,23)(H,20,24). The Labute approximate surface area is 151 Å². The lowest BCUT2D eigenvalue weighted by Crippen LogP contribution is -2.35. The maximum absolute atomic E-state index is 12.4. The van der Waals surface area contributed by atoms with Crippen molar-refractivity contribution in [2.45, 2.75) is 0 Å². The predicted molar refractivity (Wildman–Crippen MR) is 98.5 cm³/mol. The third kappa shape index (κ3) is 4.79. The Bertz CT molecular complexity index is 806. The fourth-order valence-electron chi connectivity index (χ4n) is 2.35. The van der Waals surface area contributed by atoms with Crippen LogP contribution in [0.25, 0.3) is 0 Å². The number of hydrogen-bond acceptors (Lipinski definition) is 5. The molecule has 0 aromatic heterocycles. The Morgan fingerprint density at radius 3 is 2.19 bits per heavy atom. The molecule has 8 heteroatoms. The zero-order valence-corrected chi connectivity index (χ0v) is 14.6. The number of non-ortho nitro benzene ring substituents is 1. The van der Waals surface area contributed by atoms with E-state index in [2.05, 4.69) is 10.6 Å². The van der Waals surface area contributed by atoms with Gasteiger partial charge >= 0.3 is 0 Å². The fourth-order valence-corrected chi connectivity index (χ4v) is 2.35. The van der Waals surface area contributed by atoms with Crippen LogP contribution in [0.15, 0.2) is 48.5 Å². The lowest BCUT2D eigenvalue weighted by Gasteiger charge is -2.17. The van der Waals surface area contributed by atoms with E-state index in [1.165, 1.54) is 18.2 Å². The van der Waals surface area contributed by atoms with Gasteiger partial charge in [0.15, 0.2) is 0 Å². The van der Waals surface area contributed by atoms with E-state index in [-0.39, 0.29) is 30.2 Å². The van der Waals surface area contributed by atoms with Gasteiger partial charge in [-0.3, -0.25) is 19.7 Å². The van der Waals surface area contributed by atoms with Gasteiger partial charge < -0.3 is 15.5 Å². The SMILES string of the molecule is CN(C)c1ccc([N+](=O)[O-])cc1C(=O)NCCNC(=O)c1ccccc1. The molecule has 2 aromatic carbocycles. The Morgan fingerprint density at radius 2 is 1.62 bits per heavy atom. The quantitative estimate of drug-likeness (QED) is 0.447. The van der Waals surface area contributed by atoms with Crippen molar-refractivity contribution in [1.82, 2.24) is 10.6 Å². The van der Waals surface area contributed by atoms with E-state index in [4.69, 9.17) is 0 Å². The molecule has 0 aliphatic carbocycles. The molecule has 0 atom stereocenters. The summed E-state index contributed by atoms with van der Waals surface area (Å²) >= 11 is 0. The molecule has 0 saturated heterocycles. The van der Waals surface area contributed by atoms with Gasteiger partial charge in [0.25, 0.3) is 17.5 Å². The van der Waals surface area contributed by atoms with Gasteiger partial charge in [-0.15, -0.1) is 0 Å². The molecule has 136 valence electrons. The first kappa shape index (κ1) is 18.9. The van der Waals surface area contributed by atoms with Crippen LogP contribution in [0, 0.1) is 10.1 Å². The van der Waals surface area contributed by atoms with Crippen LogP contribution >= 0.6 is 0 Å². The molecule has 0 fully saturated rings. The smallest absolute Gasteiger partial charge is 0.270 e. The second-order valence-electron chi connectivity index (χ2n) is 5.73. The third-order valence-corrected chi connectivity index (χ3v) is 3.65. The fraction of sp³-hybridized carbons (Fsp3) is 0.222. The van der Waals surface area contributed by atoms with Gasteiger partial charge in [-0.25, -0.2) is 0 Å². The van der Waals surface area contributed by atoms with Crippen molar-refractivity contribution >= 4 is 23.2 Å². The van der Waals surface area contributed by atoms with Crippen molar-refractivity contribution in [3.8, 4) is 0 Å². The zero-order chi connectivity index (χ0) is 19.1. The summed E-state index contributed by atoms with van der Waals surface area (Å²) in [5, 5.41) is 16.3. The summed E-state index contributed by atoms with van der Waals surface area (Å²) in [5.74, 6) is -0.671. The third-order valence-electron chi connectivity index (χ3n) is 3.65. The van der Waals surface area contributed by atoms with Crippen molar-refractivity contribution in [3.05, 3.63) is 69.8 Å². The van der Waals surface area contributed by atoms with Gasteiger partial charge in [0.2, 0.25) is 0 Å². The van der Waals surface area contributed by atoms with Crippen LogP contribution in [0.2, 0.25) is 0 Å². The topological polar surface area (TPSA) is 105 Å². The molecule has 2 amide bonds. The molecule has 8 nitrogen and oxygen atoms in total. The van der Waals surface area contributed by atoms with Crippen LogP contribution in [0.3, 0.4) is 0 Å². The largest absolute Gasteiger partial charge is 0.377 e. The number of amides is 2. The number of nitrogens with zero attached hydrogens (tertiary/aromatic N) is 2. The maximum atomic E-state index is 12.4. The van der Waals surface area contributed by atoms with Crippen LogP contribution in [0.1, 0.15) is 20.7 Å². The first-order chi connectivity index (χ1) is 12.4. The normalized spacial score (nSPS) is 10.1. The first-order valence-corrected chi connectivity index (χ1v) is 7.97. The van der Waals surface area contributed by atoms with Gasteiger partial charge in [0.1, 0.15) is 0 Å². The molecule has 2 aromatic rings. The summed E-state index contributed by atoms with van der Waals surface area (Å²) in [6.07, 6.45) is 0. The number of rotatable bonds is 7. The Kier molecular flexibility index (Phi) is 6.26. The lowest BCUT2D eigenvalue weighted by molar-refractivity contribution is -0.384. The predicted octanol–water partition coefficient (Wildman–Crippen LogP) is 1.82. The lowest BCUT2D eigenvalue weighted by atomic mass is 10.1. The highest BCUT2D eigenvalue weighted by Crippen LogP contribution is 2.24. The summed E-state index contributed by atoms with van der Waals surface area (Å²) < 4.78 is 0. The molecule has 2 rings (SSSR count). The van der Waals surface area contributed by atoms with Gasteiger partial charge in [-0.1, -0.05) is 18.2 Å². The number of anilines is 1. The molecule has 26 heavy (non-hydrogen) atoms. The minimum atomic E-state index is -0.545. The van der Waals surface area contributed by atoms with Gasteiger partial charge in [0.05, 0.1) is 10.5 Å². The molecule has 0 bridgehead atoms. The number of benzene rings is 2. The molecule has 0 unspecified atom stereocenters. The highest BCUT2D eigenvalue weighted by atomic mass is 16.6. The monoisotopic (exact) mass is 356 g/mol. The van der Waals surface area contributed by atoms with Crippen molar-refractivity contribution in [1.29, 1.82) is 0 Å². The molecule has 0 radical (unpaired) electrons. The number of hydrogen-bond donors (Lipinski definition) is 2. The zero-order valence-electron chi connectivity index (χ0n) is 14.6. The van der Waals surface area contributed by atoms with Crippen LogP contribution < -0.4 is 15.5 Å². The van der Waals surface area contributed by atoms with Crippen molar-refractivity contribution in [2.24, 2.45) is 0 Å². The van der Waals surface area contributed by atoms with Crippen LogP contribution in [-0.2, 0) is 0 Å². The van der Waals surface area contributed by atoms with Crippen LogP contribution in [-0.4, -0.2) is 43.9 Å². The van der Waals surface area contributed by atoms with E-state index in [0.717, 1.165) is 0 Å². The van der Waals surface area contributed by atoms with Crippen molar-refractivity contribution in [2.75, 3.05) is 32.1 Å². The van der Waals surface area contributed by atoms with Crippen molar-refractivity contribution in [3.63, 3.8) is 0 Å². The van der Waals surface area contributed by atoms with E-state index in [9.17, 15) is 19.7 Å². The van der Waals surface area contributed by atoms with E-state index in [1.54, 1.807) is 43.3 Å². The van der Waals surface area contributed by atoms with Gasteiger partial charge in [-0.05, 0) is 18.2 Å². The summed E-state index contributed by atoms with van der Waals surface area (Å²) in [5.41, 5.74) is 1.16. The average Bonchev–Trinajstić information content (AvgIpc) is 2.64.